The number of nitrogens with one attached hydrogen (secondary N) is 1. The first-order valence-corrected chi connectivity index (χ1v) is 5.75. The Labute approximate surface area is 102 Å². The van der Waals surface area contributed by atoms with E-state index >= 15 is 0 Å². The van der Waals surface area contributed by atoms with Gasteiger partial charge in [0.15, 0.2) is 0 Å². The number of hydrogen-bond donors (Lipinski definition) is 2. The molecule has 0 saturated carbocycles. The zero-order chi connectivity index (χ0) is 11.3. The summed E-state index contributed by atoms with van der Waals surface area (Å²) in [7, 11) is 0. The van der Waals surface area contributed by atoms with E-state index in [1.165, 1.54) is 0 Å². The molecule has 0 saturated heterocycles. The second-order valence-electron chi connectivity index (χ2n) is 3.07. The number of carbonyl (C=O) groups excluding carboxylic acids is 1. The Hall–Kier alpha value is -0.580. The quantitative estimate of drug-likeness (QED) is 0.896. The molecule has 1 rings (SSSR count). The van der Waals surface area contributed by atoms with Crippen LogP contribution in [0.25, 0.3) is 0 Å². The van der Waals surface area contributed by atoms with Gasteiger partial charge in [0.2, 0.25) is 5.91 Å². The SMILES string of the molecule is NCCCC(=O)Nc1ccc(Br)c(Cl)c1. The predicted octanol–water partition coefficient (Wildman–Crippen LogP) is 2.78. The first-order chi connectivity index (χ1) is 7.13. The molecule has 3 nitrogen and oxygen atoms in total. The first-order valence-electron chi connectivity index (χ1n) is 4.58. The van der Waals surface area contributed by atoms with E-state index in [1.807, 2.05) is 0 Å². The number of anilines is 1. The molecule has 0 radical (unpaired) electrons. The zero-order valence-electron chi connectivity index (χ0n) is 8.09. The molecule has 0 fully saturated rings. The van der Waals surface area contributed by atoms with Gasteiger partial charge in [-0.05, 0) is 47.1 Å². The topological polar surface area (TPSA) is 55.1 Å². The van der Waals surface area contributed by atoms with Gasteiger partial charge in [0.05, 0.1) is 5.02 Å². The smallest absolute Gasteiger partial charge is 0.224 e. The Bertz CT molecular complexity index is 357. The van der Waals surface area contributed by atoms with E-state index in [1.54, 1.807) is 18.2 Å². The number of carbonyl (C=O) groups is 1. The standard InChI is InChI=1S/C10H12BrClN2O/c11-8-4-3-7(6-9(8)12)14-10(15)2-1-5-13/h3-4,6H,1-2,5,13H2,(H,14,15). The Morgan fingerprint density at radius 3 is 2.87 bits per heavy atom. The summed E-state index contributed by atoms with van der Waals surface area (Å²) in [5.74, 6) is -0.0427. The van der Waals surface area contributed by atoms with Crippen molar-refractivity contribution in [3.63, 3.8) is 0 Å². The predicted molar refractivity (Wildman–Crippen MR) is 66.1 cm³/mol. The molecule has 5 heteroatoms. The first kappa shape index (κ1) is 12.5. The lowest BCUT2D eigenvalue weighted by Gasteiger charge is -2.05. The second kappa shape index (κ2) is 6.10. The normalized spacial score (nSPS) is 10.1. The molecule has 1 amide bonds. The number of rotatable bonds is 4. The van der Waals surface area contributed by atoms with Crippen molar-refractivity contribution in [2.75, 3.05) is 11.9 Å². The van der Waals surface area contributed by atoms with Gasteiger partial charge in [-0.25, -0.2) is 0 Å². The van der Waals surface area contributed by atoms with Crippen LogP contribution in [0.1, 0.15) is 12.8 Å². The van der Waals surface area contributed by atoms with Crippen molar-refractivity contribution >= 4 is 39.1 Å². The van der Waals surface area contributed by atoms with Crippen LogP contribution >= 0.6 is 27.5 Å². The van der Waals surface area contributed by atoms with E-state index in [-0.39, 0.29) is 5.91 Å². The second-order valence-corrected chi connectivity index (χ2v) is 4.33. The fourth-order valence-electron chi connectivity index (χ4n) is 1.06. The molecule has 0 unspecified atom stereocenters. The van der Waals surface area contributed by atoms with Crippen molar-refractivity contribution in [1.29, 1.82) is 0 Å². The summed E-state index contributed by atoms with van der Waals surface area (Å²) in [5.41, 5.74) is 6.01. The highest BCUT2D eigenvalue weighted by atomic mass is 79.9. The van der Waals surface area contributed by atoms with E-state index in [2.05, 4.69) is 21.2 Å². The van der Waals surface area contributed by atoms with Crippen molar-refractivity contribution in [1.82, 2.24) is 0 Å². The molecule has 15 heavy (non-hydrogen) atoms. The van der Waals surface area contributed by atoms with Gasteiger partial charge in [0, 0.05) is 16.6 Å². The Balaban J connectivity index is 2.57. The maximum atomic E-state index is 11.3. The minimum atomic E-state index is -0.0427. The third-order valence-electron chi connectivity index (χ3n) is 1.81. The summed E-state index contributed by atoms with van der Waals surface area (Å²) in [6.45, 7) is 0.522. The Morgan fingerprint density at radius 1 is 1.53 bits per heavy atom. The average Bonchev–Trinajstić information content (AvgIpc) is 2.20. The van der Waals surface area contributed by atoms with E-state index in [0.717, 1.165) is 4.47 Å². The third kappa shape index (κ3) is 4.20. The highest BCUT2D eigenvalue weighted by Crippen LogP contribution is 2.25. The molecule has 0 aliphatic heterocycles. The summed E-state index contributed by atoms with van der Waals surface area (Å²) in [4.78, 5) is 11.3. The van der Waals surface area contributed by atoms with Crippen molar-refractivity contribution in [2.24, 2.45) is 5.73 Å². The highest BCUT2D eigenvalue weighted by Gasteiger charge is 2.03. The van der Waals surface area contributed by atoms with Crippen molar-refractivity contribution in [3.05, 3.63) is 27.7 Å². The fraction of sp³-hybridized carbons (Fsp3) is 0.300. The van der Waals surface area contributed by atoms with E-state index in [4.69, 9.17) is 17.3 Å². The summed E-state index contributed by atoms with van der Waals surface area (Å²) in [6, 6.07) is 5.28. The average molecular weight is 292 g/mol. The van der Waals surface area contributed by atoms with Crippen molar-refractivity contribution < 1.29 is 4.79 Å². The fourth-order valence-corrected chi connectivity index (χ4v) is 1.49. The van der Waals surface area contributed by atoms with E-state index in [9.17, 15) is 4.79 Å². The maximum absolute atomic E-state index is 11.3. The molecular weight excluding hydrogens is 279 g/mol. The summed E-state index contributed by atoms with van der Waals surface area (Å²) in [6.07, 6.45) is 1.13. The molecule has 82 valence electrons. The lowest BCUT2D eigenvalue weighted by Crippen LogP contribution is -2.13. The zero-order valence-corrected chi connectivity index (χ0v) is 10.4. The summed E-state index contributed by atoms with van der Waals surface area (Å²) >= 11 is 9.16. The van der Waals surface area contributed by atoms with Crippen LogP contribution in [0.5, 0.6) is 0 Å². The van der Waals surface area contributed by atoms with Gasteiger partial charge in [-0.3, -0.25) is 4.79 Å². The minimum Gasteiger partial charge on any atom is -0.330 e. The molecule has 1 aromatic carbocycles. The Kier molecular flexibility index (Phi) is 5.08. The molecule has 0 bridgehead atoms. The van der Waals surface area contributed by atoms with Crippen LogP contribution in [-0.2, 0) is 4.79 Å². The Morgan fingerprint density at radius 2 is 2.27 bits per heavy atom. The molecule has 0 heterocycles. The van der Waals surface area contributed by atoms with Crippen molar-refractivity contribution in [2.45, 2.75) is 12.8 Å². The van der Waals surface area contributed by atoms with Gasteiger partial charge >= 0.3 is 0 Å². The molecule has 0 spiro atoms. The molecule has 0 atom stereocenters. The minimum absolute atomic E-state index is 0.0427. The molecular formula is C10H12BrClN2O. The van der Waals surface area contributed by atoms with Crippen LogP contribution in [0.15, 0.2) is 22.7 Å². The number of amides is 1. The summed E-state index contributed by atoms with van der Waals surface area (Å²) in [5, 5.41) is 3.32. The van der Waals surface area contributed by atoms with Crippen LogP contribution in [0, 0.1) is 0 Å². The number of halogens is 2. The van der Waals surface area contributed by atoms with Gasteiger partial charge in [0.25, 0.3) is 0 Å². The van der Waals surface area contributed by atoms with Gasteiger partial charge in [-0.1, -0.05) is 11.6 Å². The molecule has 0 aliphatic carbocycles. The van der Waals surface area contributed by atoms with Gasteiger partial charge in [0.1, 0.15) is 0 Å². The lowest BCUT2D eigenvalue weighted by atomic mass is 10.2. The monoisotopic (exact) mass is 290 g/mol. The van der Waals surface area contributed by atoms with Gasteiger partial charge in [-0.15, -0.1) is 0 Å². The number of nitrogens with two attached hydrogens (primary N) is 1. The van der Waals surface area contributed by atoms with E-state index in [0.29, 0.717) is 30.1 Å². The summed E-state index contributed by atoms with van der Waals surface area (Å²) < 4.78 is 0.809. The molecule has 0 aliphatic rings. The van der Waals surface area contributed by atoms with Crippen LogP contribution < -0.4 is 11.1 Å². The third-order valence-corrected chi connectivity index (χ3v) is 3.04. The lowest BCUT2D eigenvalue weighted by molar-refractivity contribution is -0.116. The highest BCUT2D eigenvalue weighted by molar-refractivity contribution is 9.10. The molecule has 1 aromatic rings. The van der Waals surface area contributed by atoms with Crippen molar-refractivity contribution in [3.8, 4) is 0 Å². The van der Waals surface area contributed by atoms with Crippen LogP contribution in [0.2, 0.25) is 5.02 Å². The van der Waals surface area contributed by atoms with Crippen LogP contribution in [0.3, 0.4) is 0 Å². The molecule has 0 aromatic heterocycles. The number of hydrogen-bond acceptors (Lipinski definition) is 2. The van der Waals surface area contributed by atoms with E-state index < -0.39 is 0 Å². The van der Waals surface area contributed by atoms with Gasteiger partial charge < -0.3 is 11.1 Å². The van der Waals surface area contributed by atoms with Crippen LogP contribution in [0.4, 0.5) is 5.69 Å². The van der Waals surface area contributed by atoms with Crippen LogP contribution in [-0.4, -0.2) is 12.5 Å². The van der Waals surface area contributed by atoms with Gasteiger partial charge in [-0.2, -0.15) is 0 Å². The largest absolute Gasteiger partial charge is 0.330 e. The number of benzene rings is 1. The molecule has 3 N–H and O–H groups in total. The maximum Gasteiger partial charge on any atom is 0.224 e.